The van der Waals surface area contributed by atoms with E-state index < -0.39 is 10.0 Å². The fourth-order valence-electron chi connectivity index (χ4n) is 2.98. The summed E-state index contributed by atoms with van der Waals surface area (Å²) in [6, 6.07) is 1.52. The Morgan fingerprint density at radius 2 is 2.05 bits per heavy atom. The molecule has 1 fully saturated rings. The molecule has 1 aromatic rings. The van der Waals surface area contributed by atoms with Crippen molar-refractivity contribution < 1.29 is 13.5 Å². The van der Waals surface area contributed by atoms with Crippen molar-refractivity contribution in [3.63, 3.8) is 0 Å². The lowest BCUT2D eigenvalue weighted by Crippen LogP contribution is -2.32. The van der Waals surface area contributed by atoms with Crippen LogP contribution < -0.4 is 0 Å². The number of nitrogens with zero attached hydrogens (tertiary/aromatic N) is 1. The van der Waals surface area contributed by atoms with E-state index in [9.17, 15) is 8.42 Å². The van der Waals surface area contributed by atoms with Gasteiger partial charge in [-0.1, -0.05) is 20.8 Å². The monoisotopic (exact) mass is 314 g/mol. The van der Waals surface area contributed by atoms with Crippen LogP contribution in [0, 0.1) is 11.3 Å². The van der Waals surface area contributed by atoms with Crippen LogP contribution in [0.5, 0.6) is 0 Å². The molecule has 2 N–H and O–H groups in total. The van der Waals surface area contributed by atoms with Gasteiger partial charge in [0.2, 0.25) is 10.0 Å². The molecule has 2 heterocycles. The molecule has 0 radical (unpaired) electrons. The summed E-state index contributed by atoms with van der Waals surface area (Å²) in [6.45, 7) is 7.64. The second-order valence-corrected chi connectivity index (χ2v) is 8.85. The fraction of sp³-hybridized carbons (Fsp3) is 0.733. The predicted octanol–water partition coefficient (Wildman–Crippen LogP) is 2.34. The van der Waals surface area contributed by atoms with E-state index in [0.717, 1.165) is 19.3 Å². The number of aliphatic hydroxyl groups is 1. The average Bonchev–Trinajstić information content (AvgIpc) is 2.73. The zero-order valence-electron chi connectivity index (χ0n) is 13.1. The summed E-state index contributed by atoms with van der Waals surface area (Å²) in [7, 11) is -3.45. The van der Waals surface area contributed by atoms with Gasteiger partial charge >= 0.3 is 0 Å². The topological polar surface area (TPSA) is 73.4 Å². The molecule has 120 valence electrons. The molecule has 1 aromatic heterocycles. The molecule has 1 aliphatic heterocycles. The molecule has 0 saturated carbocycles. The highest BCUT2D eigenvalue weighted by Gasteiger charge is 2.32. The Bertz CT molecular complexity index is 572. The molecule has 6 heteroatoms. The number of nitrogens with one attached hydrogen (secondary N) is 1. The molecule has 0 aromatic carbocycles. The van der Waals surface area contributed by atoms with Crippen molar-refractivity contribution in [3.8, 4) is 0 Å². The number of H-pyrrole nitrogens is 1. The van der Waals surface area contributed by atoms with E-state index >= 15 is 0 Å². The highest BCUT2D eigenvalue weighted by atomic mass is 32.2. The van der Waals surface area contributed by atoms with Gasteiger partial charge in [0, 0.05) is 25.0 Å². The standard InChI is InChI=1S/C15H26N2O3S/c1-15(2,3)12-5-4-7-17(8-6-12)21(19,20)14-9-13(11-18)16-10-14/h9-10,12,16,18H,4-8,11H2,1-3H3. The van der Waals surface area contributed by atoms with Crippen molar-refractivity contribution in [1.29, 1.82) is 0 Å². The maximum Gasteiger partial charge on any atom is 0.244 e. The van der Waals surface area contributed by atoms with E-state index in [4.69, 9.17) is 5.11 Å². The van der Waals surface area contributed by atoms with Crippen LogP contribution in [-0.2, 0) is 16.6 Å². The van der Waals surface area contributed by atoms with Crippen LogP contribution in [-0.4, -0.2) is 35.9 Å². The van der Waals surface area contributed by atoms with Crippen molar-refractivity contribution in [2.24, 2.45) is 11.3 Å². The number of hydrogen-bond acceptors (Lipinski definition) is 3. The molecular formula is C15H26N2O3S. The SMILES string of the molecule is CC(C)(C)C1CCCN(S(=O)(=O)c2c[nH]c(CO)c2)CC1. The molecular weight excluding hydrogens is 288 g/mol. The maximum atomic E-state index is 12.6. The third kappa shape index (κ3) is 3.67. The zero-order valence-corrected chi connectivity index (χ0v) is 13.9. The molecule has 1 unspecified atom stereocenters. The first kappa shape index (κ1) is 16.5. The highest BCUT2D eigenvalue weighted by molar-refractivity contribution is 7.89. The third-order valence-electron chi connectivity index (χ3n) is 4.44. The van der Waals surface area contributed by atoms with Gasteiger partial charge < -0.3 is 10.1 Å². The number of aromatic amines is 1. The van der Waals surface area contributed by atoms with Gasteiger partial charge in [0.25, 0.3) is 0 Å². The van der Waals surface area contributed by atoms with Crippen LogP contribution in [0.15, 0.2) is 17.2 Å². The van der Waals surface area contributed by atoms with Crippen LogP contribution >= 0.6 is 0 Å². The van der Waals surface area contributed by atoms with Gasteiger partial charge in [-0.05, 0) is 36.7 Å². The van der Waals surface area contributed by atoms with Gasteiger partial charge in [-0.3, -0.25) is 0 Å². The number of sulfonamides is 1. The minimum atomic E-state index is -3.45. The first-order valence-corrected chi connectivity index (χ1v) is 8.97. The normalized spacial score (nSPS) is 22.2. The molecule has 0 amide bonds. The fourth-order valence-corrected chi connectivity index (χ4v) is 4.50. The zero-order chi connectivity index (χ0) is 15.7. The Labute approximate surface area is 127 Å². The minimum Gasteiger partial charge on any atom is -0.390 e. The van der Waals surface area contributed by atoms with Gasteiger partial charge in [-0.2, -0.15) is 4.31 Å². The van der Waals surface area contributed by atoms with Crippen LogP contribution in [0.25, 0.3) is 0 Å². The smallest absolute Gasteiger partial charge is 0.244 e. The van der Waals surface area contributed by atoms with Crippen molar-refractivity contribution in [1.82, 2.24) is 9.29 Å². The summed E-state index contributed by atoms with van der Waals surface area (Å²) in [5, 5.41) is 9.06. The van der Waals surface area contributed by atoms with Crippen LogP contribution in [0.3, 0.4) is 0 Å². The maximum absolute atomic E-state index is 12.6. The first-order valence-electron chi connectivity index (χ1n) is 7.53. The molecule has 1 saturated heterocycles. The van der Waals surface area contributed by atoms with E-state index in [1.54, 1.807) is 4.31 Å². The molecule has 1 atom stereocenters. The molecule has 5 nitrogen and oxygen atoms in total. The van der Waals surface area contributed by atoms with E-state index in [1.165, 1.54) is 12.3 Å². The molecule has 2 rings (SSSR count). The Balaban J connectivity index is 2.14. The van der Waals surface area contributed by atoms with Gasteiger partial charge in [0.05, 0.1) is 11.5 Å². The Morgan fingerprint density at radius 3 is 2.62 bits per heavy atom. The summed E-state index contributed by atoms with van der Waals surface area (Å²) in [5.41, 5.74) is 0.744. The number of aromatic nitrogens is 1. The second-order valence-electron chi connectivity index (χ2n) is 6.92. The van der Waals surface area contributed by atoms with Crippen molar-refractivity contribution in [3.05, 3.63) is 18.0 Å². The Hall–Kier alpha value is -0.850. The Morgan fingerprint density at radius 1 is 1.33 bits per heavy atom. The third-order valence-corrected chi connectivity index (χ3v) is 6.31. The van der Waals surface area contributed by atoms with Crippen molar-refractivity contribution in [2.75, 3.05) is 13.1 Å². The lowest BCUT2D eigenvalue weighted by atomic mass is 9.77. The number of hydrogen-bond donors (Lipinski definition) is 2. The van der Waals surface area contributed by atoms with Crippen LogP contribution in [0.2, 0.25) is 0 Å². The van der Waals surface area contributed by atoms with Crippen molar-refractivity contribution in [2.45, 2.75) is 51.5 Å². The van der Waals surface area contributed by atoms with E-state index in [0.29, 0.717) is 24.7 Å². The summed E-state index contributed by atoms with van der Waals surface area (Å²) in [4.78, 5) is 3.04. The number of aliphatic hydroxyl groups excluding tert-OH is 1. The molecule has 0 aliphatic carbocycles. The predicted molar refractivity (Wildman–Crippen MR) is 82.3 cm³/mol. The molecule has 0 bridgehead atoms. The highest BCUT2D eigenvalue weighted by Crippen LogP contribution is 2.35. The Kier molecular flexibility index (Phi) is 4.80. The molecule has 0 spiro atoms. The second kappa shape index (κ2) is 6.10. The largest absolute Gasteiger partial charge is 0.390 e. The van der Waals surface area contributed by atoms with E-state index in [-0.39, 0.29) is 16.9 Å². The van der Waals surface area contributed by atoms with Gasteiger partial charge in [-0.15, -0.1) is 0 Å². The lowest BCUT2D eigenvalue weighted by Gasteiger charge is -2.29. The quantitative estimate of drug-likeness (QED) is 0.899. The van der Waals surface area contributed by atoms with Gasteiger partial charge in [0.15, 0.2) is 0 Å². The van der Waals surface area contributed by atoms with E-state index in [1.807, 2.05) is 0 Å². The van der Waals surface area contributed by atoms with Crippen LogP contribution in [0.1, 0.15) is 45.7 Å². The van der Waals surface area contributed by atoms with Gasteiger partial charge in [-0.25, -0.2) is 8.42 Å². The van der Waals surface area contributed by atoms with E-state index in [2.05, 4.69) is 25.8 Å². The summed E-state index contributed by atoms with van der Waals surface area (Å²) >= 11 is 0. The first-order chi connectivity index (χ1) is 9.75. The average molecular weight is 314 g/mol. The summed E-state index contributed by atoms with van der Waals surface area (Å²) in [5.74, 6) is 0.553. The lowest BCUT2D eigenvalue weighted by molar-refractivity contribution is 0.217. The van der Waals surface area contributed by atoms with Gasteiger partial charge in [0.1, 0.15) is 0 Å². The van der Waals surface area contributed by atoms with Crippen molar-refractivity contribution >= 4 is 10.0 Å². The summed E-state index contributed by atoms with van der Waals surface area (Å²) in [6.07, 6.45) is 4.34. The molecule has 1 aliphatic rings. The minimum absolute atomic E-state index is 0.179. The number of rotatable bonds is 3. The molecule has 21 heavy (non-hydrogen) atoms. The van der Waals surface area contributed by atoms with Crippen LogP contribution in [0.4, 0.5) is 0 Å². The summed E-state index contributed by atoms with van der Waals surface area (Å²) < 4.78 is 26.9.